The van der Waals surface area contributed by atoms with E-state index >= 15 is 0 Å². The largest absolute Gasteiger partial charge is 0.509 e. The van der Waals surface area contributed by atoms with E-state index in [1.165, 1.54) is 0 Å². The molecule has 0 saturated heterocycles. The number of thiocarbonyl (C=S) groups is 1. The molecular weight excluding hydrogens is 404 g/mol. The third-order valence-corrected chi connectivity index (χ3v) is 2.69. The lowest BCUT2D eigenvalue weighted by Gasteiger charge is -2.05. The van der Waals surface area contributed by atoms with Crippen molar-refractivity contribution in [3.05, 3.63) is 55.1 Å². The van der Waals surface area contributed by atoms with Crippen molar-refractivity contribution in [1.29, 1.82) is 0 Å². The van der Waals surface area contributed by atoms with Crippen molar-refractivity contribution in [2.45, 2.75) is 27.7 Å². The molecule has 0 saturated carbocycles. The molecule has 0 aromatic carbocycles. The second-order valence-electron chi connectivity index (χ2n) is 4.57. The number of hydrogen-bond donors (Lipinski definition) is 4. The molecule has 0 aliphatic rings. The van der Waals surface area contributed by atoms with Crippen LogP contribution in [0.25, 0.3) is 9.69 Å². The summed E-state index contributed by atoms with van der Waals surface area (Å²) in [5, 5.41) is 0.000000000000000222. The molecule has 0 radical (unpaired) electrons. The molecule has 1 aromatic rings. The molecule has 0 amide bonds. The molecule has 1 rings (SSSR count). The zero-order valence-corrected chi connectivity index (χ0v) is 17.5. The van der Waals surface area contributed by atoms with E-state index in [1.54, 1.807) is 27.7 Å². The Balaban J connectivity index is 0. The fourth-order valence-corrected chi connectivity index (χ4v) is 1.73. The zero-order chi connectivity index (χ0) is 22.3. The molecule has 6 N–H and O–H groups in total. The van der Waals surface area contributed by atoms with E-state index in [0.717, 1.165) is 0 Å². The standard InChI is InChI=1S/C9H13NO3.C6H5N3OS.CH4N2S/c1-5-12-7(3)8(10-4)9(11)13-6-2;1-3-4(7-2)5(10)9-6(11)8-3;2-1(3)4/h5-6H2,1-3H3;1H3,(H2,8,9,10,11);(H4,2,3,4)/b8-7+;;. The van der Waals surface area contributed by atoms with Gasteiger partial charge in [0.2, 0.25) is 0 Å². The number of allylic oxidation sites excluding steroid dienone is 1. The number of nitrogens with zero attached hydrogens (tertiary/aromatic N) is 2. The van der Waals surface area contributed by atoms with Crippen molar-refractivity contribution in [1.82, 2.24) is 9.97 Å². The summed E-state index contributed by atoms with van der Waals surface area (Å²) in [7, 11) is 0. The maximum absolute atomic E-state index is 11.1. The number of aryl methyl sites for hydroxylation is 1. The molecule has 0 atom stereocenters. The topological polar surface area (TPSA) is 145 Å². The van der Waals surface area contributed by atoms with Gasteiger partial charge in [-0.25, -0.2) is 9.69 Å². The number of carbonyl (C=O) groups is 1. The van der Waals surface area contributed by atoms with Gasteiger partial charge in [0.15, 0.2) is 9.88 Å². The van der Waals surface area contributed by atoms with Crippen molar-refractivity contribution < 1.29 is 14.3 Å². The average molecular weight is 427 g/mol. The Morgan fingerprint density at radius 2 is 1.68 bits per heavy atom. The fraction of sp³-hybridized carbons (Fsp3) is 0.375. The number of rotatable bonds is 4. The van der Waals surface area contributed by atoms with E-state index in [9.17, 15) is 9.59 Å². The number of ether oxygens (including phenoxy) is 2. The van der Waals surface area contributed by atoms with Gasteiger partial charge < -0.3 is 30.9 Å². The molecule has 10 nitrogen and oxygen atoms in total. The summed E-state index contributed by atoms with van der Waals surface area (Å²) < 4.78 is 9.95. The van der Waals surface area contributed by atoms with Crippen LogP contribution in [-0.2, 0) is 14.3 Å². The van der Waals surface area contributed by atoms with Gasteiger partial charge in [0.05, 0.1) is 26.4 Å². The number of H-pyrrole nitrogens is 2. The molecule has 0 bridgehead atoms. The van der Waals surface area contributed by atoms with Gasteiger partial charge in [-0.15, -0.1) is 0 Å². The summed E-state index contributed by atoms with van der Waals surface area (Å²) in [6.45, 7) is 20.8. The Morgan fingerprint density at radius 1 is 1.18 bits per heavy atom. The lowest BCUT2D eigenvalue weighted by atomic mass is 10.4. The summed E-state index contributed by atoms with van der Waals surface area (Å²) in [5.74, 6) is -0.306. The van der Waals surface area contributed by atoms with E-state index in [4.69, 9.17) is 17.9 Å². The first-order valence-corrected chi connectivity index (χ1v) is 8.50. The minimum atomic E-state index is -0.622. The van der Waals surface area contributed by atoms with Crippen molar-refractivity contribution in [3.8, 4) is 0 Å². The van der Waals surface area contributed by atoms with Gasteiger partial charge in [-0.1, -0.05) is 0 Å². The molecule has 0 fully saturated rings. The Morgan fingerprint density at radius 3 is 2.04 bits per heavy atom. The molecule has 28 heavy (non-hydrogen) atoms. The average Bonchev–Trinajstić information content (AvgIpc) is 2.55. The van der Waals surface area contributed by atoms with E-state index < -0.39 is 11.5 Å². The third-order valence-electron chi connectivity index (χ3n) is 2.49. The Hall–Kier alpha value is -3.22. The Bertz CT molecular complexity index is 901. The SMILES string of the molecule is NC(N)=S.[C-]#[N+]/C(C(=O)OCC)=C(\C)OCC.[C-]#[N+]c1c(C)[nH]c(=S)[nH]c1=O. The molecule has 1 aromatic heterocycles. The first-order chi connectivity index (χ1) is 13.0. The fourth-order valence-electron chi connectivity index (χ4n) is 1.48. The molecule has 12 heteroatoms. The van der Waals surface area contributed by atoms with Crippen molar-refractivity contribution in [2.75, 3.05) is 13.2 Å². The van der Waals surface area contributed by atoms with Crippen LogP contribution in [0, 0.1) is 24.8 Å². The van der Waals surface area contributed by atoms with Crippen LogP contribution in [0.3, 0.4) is 0 Å². The maximum atomic E-state index is 11.1. The predicted molar refractivity (Wildman–Crippen MR) is 112 cm³/mol. The van der Waals surface area contributed by atoms with Crippen LogP contribution in [0.5, 0.6) is 0 Å². The van der Waals surface area contributed by atoms with Crippen LogP contribution < -0.4 is 17.0 Å². The third kappa shape index (κ3) is 11.4. The number of aromatic nitrogens is 2. The normalized spacial score (nSPS) is 9.64. The highest BCUT2D eigenvalue weighted by molar-refractivity contribution is 7.80. The van der Waals surface area contributed by atoms with E-state index in [2.05, 4.69) is 60.3 Å². The first kappa shape index (κ1) is 27.0. The minimum Gasteiger partial charge on any atom is -0.509 e. The quantitative estimate of drug-likeness (QED) is 0.188. The summed E-state index contributed by atoms with van der Waals surface area (Å²) in [6, 6.07) is 0. The molecule has 152 valence electrons. The number of nitrogens with one attached hydrogen (secondary N) is 2. The highest BCUT2D eigenvalue weighted by Gasteiger charge is 2.15. The number of esters is 1. The van der Waals surface area contributed by atoms with Gasteiger partial charge in [-0.3, -0.25) is 9.59 Å². The van der Waals surface area contributed by atoms with Crippen molar-refractivity contribution in [3.63, 3.8) is 0 Å². The number of nitrogens with two attached hydrogens (primary N) is 2. The van der Waals surface area contributed by atoms with Crippen LogP contribution >= 0.6 is 24.4 Å². The van der Waals surface area contributed by atoms with E-state index in [-0.39, 0.29) is 27.9 Å². The maximum Gasteiger partial charge on any atom is 0.339 e. The van der Waals surface area contributed by atoms with Gasteiger partial charge >= 0.3 is 11.7 Å². The first-order valence-electron chi connectivity index (χ1n) is 7.69. The molecule has 0 unspecified atom stereocenters. The highest BCUT2D eigenvalue weighted by Crippen LogP contribution is 2.09. The summed E-state index contributed by atoms with van der Waals surface area (Å²) in [6.07, 6.45) is 0. The Labute approximate surface area is 173 Å². The van der Waals surface area contributed by atoms with Crippen LogP contribution in [0.1, 0.15) is 26.5 Å². The second kappa shape index (κ2) is 14.9. The summed E-state index contributed by atoms with van der Waals surface area (Å²) in [4.78, 5) is 33.1. The monoisotopic (exact) mass is 426 g/mol. The van der Waals surface area contributed by atoms with Crippen LogP contribution in [0.4, 0.5) is 5.69 Å². The number of hydrogen-bond acceptors (Lipinski definition) is 6. The molecule has 0 spiro atoms. The number of aromatic amines is 2. The summed E-state index contributed by atoms with van der Waals surface area (Å²) >= 11 is 8.77. The molecule has 1 heterocycles. The van der Waals surface area contributed by atoms with Gasteiger partial charge in [0.1, 0.15) is 5.76 Å². The van der Waals surface area contributed by atoms with Gasteiger partial charge in [-0.05, 0) is 52.1 Å². The van der Waals surface area contributed by atoms with Crippen LogP contribution in [0.15, 0.2) is 16.3 Å². The van der Waals surface area contributed by atoms with Crippen LogP contribution in [0.2, 0.25) is 0 Å². The van der Waals surface area contributed by atoms with Gasteiger partial charge in [0, 0.05) is 5.69 Å². The Kier molecular flexibility index (Phi) is 14.4. The van der Waals surface area contributed by atoms with Crippen molar-refractivity contribution in [2.24, 2.45) is 11.5 Å². The summed E-state index contributed by atoms with van der Waals surface area (Å²) in [5.41, 5.74) is 9.31. The van der Waals surface area contributed by atoms with Gasteiger partial charge in [0.25, 0.3) is 11.2 Å². The highest BCUT2D eigenvalue weighted by atomic mass is 32.1. The minimum absolute atomic E-state index is 0.000000000000000222. The molecular formula is C16H22N6O4S2. The van der Waals surface area contributed by atoms with E-state index in [1.807, 2.05) is 0 Å². The molecule has 0 aliphatic carbocycles. The van der Waals surface area contributed by atoms with Crippen LogP contribution in [-0.4, -0.2) is 34.3 Å². The van der Waals surface area contributed by atoms with Gasteiger partial charge in [-0.2, -0.15) is 0 Å². The predicted octanol–water partition coefficient (Wildman–Crippen LogP) is 2.22. The van der Waals surface area contributed by atoms with Crippen molar-refractivity contribution >= 4 is 41.2 Å². The lowest BCUT2D eigenvalue weighted by molar-refractivity contribution is -0.138. The zero-order valence-electron chi connectivity index (χ0n) is 15.9. The lowest BCUT2D eigenvalue weighted by Crippen LogP contribution is -2.18. The number of carbonyl (C=O) groups excluding carboxylic acids is 1. The second-order valence-corrected chi connectivity index (χ2v) is 5.45. The molecule has 0 aliphatic heterocycles. The van der Waals surface area contributed by atoms with E-state index in [0.29, 0.717) is 18.1 Å². The smallest absolute Gasteiger partial charge is 0.339 e.